The van der Waals surface area contributed by atoms with Crippen LogP contribution >= 0.6 is 7.82 Å². The normalized spacial score (nSPS) is 13.8. The van der Waals surface area contributed by atoms with Gasteiger partial charge in [0.05, 0.1) is 27.7 Å². The first-order chi connectivity index (χ1) is 26.0. The van der Waals surface area contributed by atoms with Gasteiger partial charge in [0.25, 0.3) is 0 Å². The van der Waals surface area contributed by atoms with E-state index in [1.54, 1.807) is 0 Å². The zero-order chi connectivity index (χ0) is 40.0. The van der Waals surface area contributed by atoms with Gasteiger partial charge in [0.2, 0.25) is 0 Å². The summed E-state index contributed by atoms with van der Waals surface area (Å²) >= 11 is 0. The molecule has 1 N–H and O–H groups in total. The summed E-state index contributed by atoms with van der Waals surface area (Å²) in [5.74, 6) is -0.814. The molecule has 1 unspecified atom stereocenters. The van der Waals surface area contributed by atoms with Crippen molar-refractivity contribution < 1.29 is 42.1 Å². The van der Waals surface area contributed by atoms with Crippen LogP contribution in [-0.2, 0) is 32.7 Å². The predicted molar refractivity (Wildman–Crippen MR) is 224 cm³/mol. The van der Waals surface area contributed by atoms with Crippen molar-refractivity contribution in [3.63, 3.8) is 0 Å². The van der Waals surface area contributed by atoms with Gasteiger partial charge in [-0.05, 0) is 64.2 Å². The highest BCUT2D eigenvalue weighted by Gasteiger charge is 2.27. The van der Waals surface area contributed by atoms with Crippen LogP contribution in [0.5, 0.6) is 0 Å². The second-order valence-corrected chi connectivity index (χ2v) is 17.5. The summed E-state index contributed by atoms with van der Waals surface area (Å²) in [6.45, 7) is 4.40. The molecule has 0 saturated carbocycles. The third-order valence-corrected chi connectivity index (χ3v) is 10.4. The first kappa shape index (κ1) is 52.5. The van der Waals surface area contributed by atoms with Crippen LogP contribution in [0, 0.1) is 0 Å². The summed E-state index contributed by atoms with van der Waals surface area (Å²) in [5.41, 5.74) is 0. The van der Waals surface area contributed by atoms with E-state index in [9.17, 15) is 19.0 Å². The fraction of sp³-hybridized carbons (Fsp3) is 0.864. The van der Waals surface area contributed by atoms with Crippen LogP contribution < -0.4 is 0 Å². The minimum absolute atomic E-state index is 0.0299. The third kappa shape index (κ3) is 40.2. The Kier molecular flexibility index (Phi) is 36.1. The number of phosphoric acid groups is 1. The Labute approximate surface area is 332 Å². The van der Waals surface area contributed by atoms with Crippen molar-refractivity contribution in [3.05, 3.63) is 24.3 Å². The van der Waals surface area contributed by atoms with E-state index in [0.717, 1.165) is 70.6 Å². The van der Waals surface area contributed by atoms with Gasteiger partial charge in [-0.15, -0.1) is 0 Å². The third-order valence-electron chi connectivity index (χ3n) is 9.45. The molecule has 0 aliphatic heterocycles. The molecule has 0 aliphatic carbocycles. The summed E-state index contributed by atoms with van der Waals surface area (Å²) in [6, 6.07) is 0. The smallest absolute Gasteiger partial charge is 0.462 e. The Hall–Kier alpha value is -1.51. The fourth-order valence-electron chi connectivity index (χ4n) is 5.94. The van der Waals surface area contributed by atoms with Crippen LogP contribution in [0.25, 0.3) is 0 Å². The molecule has 0 fully saturated rings. The lowest BCUT2D eigenvalue weighted by molar-refractivity contribution is -0.870. The van der Waals surface area contributed by atoms with Gasteiger partial charge < -0.3 is 18.9 Å². The largest absolute Gasteiger partial charge is 0.472 e. The van der Waals surface area contributed by atoms with Gasteiger partial charge in [-0.3, -0.25) is 18.6 Å². The number of quaternary nitrogens is 1. The summed E-state index contributed by atoms with van der Waals surface area (Å²) in [6.07, 6.45) is 39.3. The standard InChI is InChI=1S/C44H84NO8P/c1-6-8-10-12-14-16-18-20-22-24-26-28-30-32-34-36-43(46)50-40-42(41-52-54(48,49)51-39-38-45(3,4)5)53-44(47)37-35-33-31-29-27-25-23-21-19-17-15-13-11-9-7-2/h20-23,42H,6-19,24-41H2,1-5H3/p+1/b22-20+,23-21+/t42-/m0/s1. The molecule has 2 atom stereocenters. The summed E-state index contributed by atoms with van der Waals surface area (Å²) in [4.78, 5) is 35.3. The zero-order valence-electron chi connectivity index (χ0n) is 35.7. The van der Waals surface area contributed by atoms with Gasteiger partial charge in [0, 0.05) is 12.8 Å². The number of esters is 2. The topological polar surface area (TPSA) is 108 Å². The Bertz CT molecular complexity index is 980. The van der Waals surface area contributed by atoms with E-state index in [4.69, 9.17) is 18.5 Å². The first-order valence-electron chi connectivity index (χ1n) is 22.1. The Morgan fingerprint density at radius 1 is 0.556 bits per heavy atom. The second kappa shape index (κ2) is 37.1. The van der Waals surface area contributed by atoms with Crippen LogP contribution in [0.3, 0.4) is 0 Å². The average Bonchev–Trinajstić information content (AvgIpc) is 3.12. The molecule has 10 heteroatoms. The van der Waals surface area contributed by atoms with E-state index in [1.807, 2.05) is 21.1 Å². The van der Waals surface area contributed by atoms with Crippen LogP contribution in [-0.4, -0.2) is 74.9 Å². The Morgan fingerprint density at radius 3 is 1.37 bits per heavy atom. The van der Waals surface area contributed by atoms with E-state index in [0.29, 0.717) is 17.4 Å². The fourth-order valence-corrected chi connectivity index (χ4v) is 6.69. The maximum atomic E-state index is 12.7. The molecule has 0 aliphatic rings. The molecule has 0 rings (SSSR count). The van der Waals surface area contributed by atoms with Gasteiger partial charge in [-0.2, -0.15) is 0 Å². The number of carbonyl (C=O) groups is 2. The molecule has 54 heavy (non-hydrogen) atoms. The highest BCUT2D eigenvalue weighted by Crippen LogP contribution is 2.43. The zero-order valence-corrected chi connectivity index (χ0v) is 36.6. The van der Waals surface area contributed by atoms with Crippen LogP contribution in [0.2, 0.25) is 0 Å². The quantitative estimate of drug-likeness (QED) is 0.0215. The number of hydrogen-bond donors (Lipinski definition) is 1. The first-order valence-corrected chi connectivity index (χ1v) is 23.6. The van der Waals surface area contributed by atoms with Crippen molar-refractivity contribution in [2.45, 2.75) is 200 Å². The number of allylic oxidation sites excluding steroid dienone is 4. The molecule has 0 bridgehead atoms. The van der Waals surface area contributed by atoms with Crippen molar-refractivity contribution in [2.24, 2.45) is 0 Å². The number of unbranched alkanes of at least 4 members (excludes halogenated alkanes) is 22. The molecule has 0 spiro atoms. The lowest BCUT2D eigenvalue weighted by atomic mass is 10.1. The van der Waals surface area contributed by atoms with Crippen molar-refractivity contribution in [2.75, 3.05) is 47.5 Å². The van der Waals surface area contributed by atoms with Gasteiger partial charge >= 0.3 is 19.8 Å². The van der Waals surface area contributed by atoms with Crippen molar-refractivity contribution in [1.29, 1.82) is 0 Å². The summed E-state index contributed by atoms with van der Waals surface area (Å²) < 4.78 is 34.3. The number of rotatable bonds is 40. The highest BCUT2D eigenvalue weighted by atomic mass is 31.2. The van der Waals surface area contributed by atoms with Crippen molar-refractivity contribution in [1.82, 2.24) is 0 Å². The van der Waals surface area contributed by atoms with Crippen LogP contribution in [0.1, 0.15) is 194 Å². The number of carbonyl (C=O) groups excluding carboxylic acids is 2. The predicted octanol–water partition coefficient (Wildman–Crippen LogP) is 12.4. The molecule has 0 saturated heterocycles. The van der Waals surface area contributed by atoms with E-state index >= 15 is 0 Å². The molecule has 0 aromatic heterocycles. The summed E-state index contributed by atoms with van der Waals surface area (Å²) in [7, 11) is 1.47. The van der Waals surface area contributed by atoms with Crippen molar-refractivity contribution >= 4 is 19.8 Å². The maximum absolute atomic E-state index is 12.7. The van der Waals surface area contributed by atoms with Gasteiger partial charge in [0.1, 0.15) is 19.8 Å². The lowest BCUT2D eigenvalue weighted by Crippen LogP contribution is -2.37. The number of ether oxygens (including phenoxy) is 2. The molecule has 318 valence electrons. The molecule has 0 aromatic carbocycles. The molecular weight excluding hydrogens is 701 g/mol. The molecule has 0 radical (unpaired) electrons. The Balaban J connectivity index is 4.38. The Morgan fingerprint density at radius 2 is 0.944 bits per heavy atom. The van der Waals surface area contributed by atoms with Crippen molar-refractivity contribution in [3.8, 4) is 0 Å². The lowest BCUT2D eigenvalue weighted by Gasteiger charge is -2.24. The molecule has 0 aromatic rings. The highest BCUT2D eigenvalue weighted by molar-refractivity contribution is 7.47. The molecule has 0 heterocycles. The monoisotopic (exact) mass is 787 g/mol. The maximum Gasteiger partial charge on any atom is 0.472 e. The molecule has 0 amide bonds. The van der Waals surface area contributed by atoms with Gasteiger partial charge in [-0.1, -0.05) is 141 Å². The number of hydrogen-bond acceptors (Lipinski definition) is 7. The van der Waals surface area contributed by atoms with E-state index in [1.165, 1.54) is 89.9 Å². The number of nitrogens with zero attached hydrogens (tertiary/aromatic N) is 1. The van der Waals surface area contributed by atoms with Crippen LogP contribution in [0.15, 0.2) is 24.3 Å². The number of likely N-dealkylation sites (N-methyl/N-ethyl adjacent to an activating group) is 1. The van der Waals surface area contributed by atoms with Crippen LogP contribution in [0.4, 0.5) is 0 Å². The number of phosphoric ester groups is 1. The minimum Gasteiger partial charge on any atom is -0.462 e. The van der Waals surface area contributed by atoms with Gasteiger partial charge in [-0.25, -0.2) is 4.57 Å². The summed E-state index contributed by atoms with van der Waals surface area (Å²) in [5, 5.41) is 0. The molecule has 9 nitrogen and oxygen atoms in total. The van der Waals surface area contributed by atoms with E-state index in [-0.39, 0.29) is 32.0 Å². The SMILES string of the molecule is CCCCCCCC/C=C/CCCCCCCC(=O)OC[C@@H](COP(=O)(O)OCC[N+](C)(C)C)OC(=O)CCCCCCC/C=C/CCCCCCCC. The average molecular weight is 787 g/mol. The van der Waals surface area contributed by atoms with Gasteiger partial charge in [0.15, 0.2) is 6.10 Å². The molecular formula is C44H85NO8P+. The van der Waals surface area contributed by atoms with E-state index in [2.05, 4.69) is 38.2 Å². The second-order valence-electron chi connectivity index (χ2n) is 16.1. The van der Waals surface area contributed by atoms with E-state index < -0.39 is 26.5 Å². The minimum atomic E-state index is -4.37.